The third-order valence-corrected chi connectivity index (χ3v) is 2.66. The van der Waals surface area contributed by atoms with Crippen molar-refractivity contribution < 1.29 is 9.13 Å². The number of ether oxygens (including phenoxy) is 1. The second kappa shape index (κ2) is 4.62. The summed E-state index contributed by atoms with van der Waals surface area (Å²) in [6.45, 7) is 2.84. The molecule has 7 heteroatoms. The van der Waals surface area contributed by atoms with Crippen LogP contribution in [0.4, 0.5) is 10.2 Å². The van der Waals surface area contributed by atoms with Gasteiger partial charge in [0, 0.05) is 6.54 Å². The van der Waals surface area contributed by atoms with E-state index in [0.29, 0.717) is 25.4 Å². The number of rotatable bonds is 2. The number of nitrogens with two attached hydrogens (primary N) is 1. The van der Waals surface area contributed by atoms with Crippen LogP contribution in [0, 0.1) is 18.2 Å². The summed E-state index contributed by atoms with van der Waals surface area (Å²) in [7, 11) is 0. The lowest BCUT2D eigenvalue weighted by Gasteiger charge is -2.33. The molecule has 0 aromatic carbocycles. The molecule has 0 radical (unpaired) electrons. The fraction of sp³-hybridized carbons (Fsp3) is 0.500. The normalized spacial score (nSPS) is 20.4. The summed E-state index contributed by atoms with van der Waals surface area (Å²) in [6.07, 6.45) is 0.824. The van der Waals surface area contributed by atoms with Crippen LogP contribution in [0.1, 0.15) is 5.69 Å². The Balaban J connectivity index is 2.22. The maximum Gasteiger partial charge on any atom is 0.186 e. The van der Waals surface area contributed by atoms with Crippen LogP contribution in [-0.2, 0) is 4.74 Å². The molecule has 17 heavy (non-hydrogen) atoms. The van der Waals surface area contributed by atoms with E-state index in [9.17, 15) is 4.39 Å². The number of anilines is 1. The molecule has 1 aromatic rings. The Bertz CT molecular complexity index is 439. The largest absolute Gasteiger partial charge is 0.385 e. The van der Waals surface area contributed by atoms with Gasteiger partial charge >= 0.3 is 0 Å². The zero-order valence-electron chi connectivity index (χ0n) is 9.48. The van der Waals surface area contributed by atoms with Crippen LogP contribution >= 0.6 is 0 Å². The lowest BCUT2D eigenvalue weighted by Crippen LogP contribution is -2.48. The number of nitrogens with zero attached hydrogens (tertiary/aromatic N) is 3. The van der Waals surface area contributed by atoms with Gasteiger partial charge in [0.15, 0.2) is 11.6 Å². The van der Waals surface area contributed by atoms with Crippen molar-refractivity contribution in [1.29, 1.82) is 5.41 Å². The number of hydrogen-bond donors (Lipinski definition) is 2. The van der Waals surface area contributed by atoms with E-state index in [2.05, 4.69) is 9.97 Å². The minimum absolute atomic E-state index is 0.0547. The van der Waals surface area contributed by atoms with E-state index < -0.39 is 11.9 Å². The van der Waals surface area contributed by atoms with Gasteiger partial charge in [0.2, 0.25) is 0 Å². The monoisotopic (exact) mass is 239 g/mol. The first-order valence-electron chi connectivity index (χ1n) is 5.27. The number of hydrogen-bond acceptors (Lipinski definition) is 5. The molecule has 1 atom stereocenters. The number of amidine groups is 1. The van der Waals surface area contributed by atoms with Gasteiger partial charge in [-0.2, -0.15) is 0 Å². The summed E-state index contributed by atoms with van der Waals surface area (Å²) in [5.74, 6) is -0.246. The van der Waals surface area contributed by atoms with E-state index in [-0.39, 0.29) is 11.7 Å². The van der Waals surface area contributed by atoms with Gasteiger partial charge in [-0.15, -0.1) is 0 Å². The average Bonchev–Trinajstić information content (AvgIpc) is 2.33. The van der Waals surface area contributed by atoms with E-state index in [1.165, 1.54) is 6.33 Å². The Morgan fingerprint density at radius 1 is 1.65 bits per heavy atom. The zero-order valence-corrected chi connectivity index (χ0v) is 9.48. The Morgan fingerprint density at radius 3 is 3.12 bits per heavy atom. The van der Waals surface area contributed by atoms with Gasteiger partial charge in [-0.1, -0.05) is 0 Å². The Morgan fingerprint density at radius 2 is 2.41 bits per heavy atom. The van der Waals surface area contributed by atoms with Crippen molar-refractivity contribution in [3.8, 4) is 0 Å². The molecule has 3 N–H and O–H groups in total. The van der Waals surface area contributed by atoms with Crippen LogP contribution in [0.2, 0.25) is 0 Å². The number of aryl methyl sites for hydroxylation is 1. The Labute approximate surface area is 98.1 Å². The molecule has 2 heterocycles. The minimum Gasteiger partial charge on any atom is -0.385 e. The van der Waals surface area contributed by atoms with Gasteiger partial charge in [0.1, 0.15) is 18.3 Å². The van der Waals surface area contributed by atoms with Crippen LogP contribution in [0.3, 0.4) is 0 Å². The molecule has 6 nitrogen and oxygen atoms in total. The number of nitrogens with one attached hydrogen (secondary N) is 1. The third kappa shape index (κ3) is 2.33. The zero-order chi connectivity index (χ0) is 12.4. The summed E-state index contributed by atoms with van der Waals surface area (Å²) >= 11 is 0. The second-order valence-electron chi connectivity index (χ2n) is 3.86. The summed E-state index contributed by atoms with van der Waals surface area (Å²) in [4.78, 5) is 9.43. The van der Waals surface area contributed by atoms with Crippen molar-refractivity contribution in [3.63, 3.8) is 0 Å². The number of aromatic nitrogens is 2. The predicted molar refractivity (Wildman–Crippen MR) is 60.6 cm³/mol. The first-order valence-corrected chi connectivity index (χ1v) is 5.27. The van der Waals surface area contributed by atoms with Crippen molar-refractivity contribution in [2.45, 2.75) is 13.0 Å². The molecule has 1 aliphatic heterocycles. The van der Waals surface area contributed by atoms with Crippen molar-refractivity contribution in [2.24, 2.45) is 5.73 Å². The molecule has 0 bridgehead atoms. The highest BCUT2D eigenvalue weighted by Crippen LogP contribution is 2.19. The molecular formula is C10H14FN5O. The highest BCUT2D eigenvalue weighted by Gasteiger charge is 2.25. The van der Waals surface area contributed by atoms with Crippen molar-refractivity contribution in [1.82, 2.24) is 9.97 Å². The standard InChI is InChI=1S/C10H14FN5O/c1-6-8(11)10(15-5-14-6)16-2-3-17-7(4-16)9(12)13/h5,7H,2-4H2,1H3,(H3,12,13). The van der Waals surface area contributed by atoms with Gasteiger partial charge in [-0.25, -0.2) is 14.4 Å². The number of morpholine rings is 1. The van der Waals surface area contributed by atoms with Gasteiger partial charge < -0.3 is 15.4 Å². The van der Waals surface area contributed by atoms with E-state index in [1.807, 2.05) is 0 Å². The summed E-state index contributed by atoms with van der Waals surface area (Å²) in [6, 6.07) is 0. The summed E-state index contributed by atoms with van der Waals surface area (Å²) < 4.78 is 19.1. The maximum absolute atomic E-state index is 13.8. The topological polar surface area (TPSA) is 88.1 Å². The van der Waals surface area contributed by atoms with E-state index in [4.69, 9.17) is 15.9 Å². The van der Waals surface area contributed by atoms with Crippen LogP contribution in [0.5, 0.6) is 0 Å². The van der Waals surface area contributed by atoms with Gasteiger partial charge in [-0.05, 0) is 6.92 Å². The van der Waals surface area contributed by atoms with Crippen LogP contribution < -0.4 is 10.6 Å². The summed E-state index contributed by atoms with van der Waals surface area (Å²) in [5.41, 5.74) is 5.69. The smallest absolute Gasteiger partial charge is 0.186 e. The quantitative estimate of drug-likeness (QED) is 0.563. The third-order valence-electron chi connectivity index (χ3n) is 2.66. The van der Waals surface area contributed by atoms with Crippen LogP contribution in [0.25, 0.3) is 0 Å². The maximum atomic E-state index is 13.8. The lowest BCUT2D eigenvalue weighted by molar-refractivity contribution is 0.0820. The fourth-order valence-electron chi connectivity index (χ4n) is 1.70. The molecule has 1 unspecified atom stereocenters. The Hall–Kier alpha value is -1.76. The van der Waals surface area contributed by atoms with Crippen molar-refractivity contribution in [2.75, 3.05) is 24.6 Å². The molecule has 0 amide bonds. The van der Waals surface area contributed by atoms with E-state index in [1.54, 1.807) is 11.8 Å². The minimum atomic E-state index is -0.501. The summed E-state index contributed by atoms with van der Waals surface area (Å²) in [5, 5.41) is 7.34. The highest BCUT2D eigenvalue weighted by molar-refractivity contribution is 5.82. The number of halogens is 1. The van der Waals surface area contributed by atoms with Crippen LogP contribution in [0.15, 0.2) is 6.33 Å². The lowest BCUT2D eigenvalue weighted by atomic mass is 10.2. The molecule has 92 valence electrons. The Kier molecular flexibility index (Phi) is 3.19. The molecule has 1 saturated heterocycles. The first-order chi connectivity index (χ1) is 8.09. The molecule has 2 rings (SSSR count). The molecular weight excluding hydrogens is 225 g/mol. The molecule has 1 aromatic heterocycles. The molecule has 1 fully saturated rings. The predicted octanol–water partition coefficient (Wildman–Crippen LogP) is 0.0653. The van der Waals surface area contributed by atoms with E-state index >= 15 is 0 Å². The van der Waals surface area contributed by atoms with E-state index in [0.717, 1.165) is 0 Å². The van der Waals surface area contributed by atoms with Crippen molar-refractivity contribution >= 4 is 11.7 Å². The fourth-order valence-corrected chi connectivity index (χ4v) is 1.70. The highest BCUT2D eigenvalue weighted by atomic mass is 19.1. The SMILES string of the molecule is Cc1ncnc(N2CCOC(C(=N)N)C2)c1F. The first kappa shape index (κ1) is 11.7. The average molecular weight is 239 g/mol. The van der Waals surface area contributed by atoms with Gasteiger partial charge in [0.25, 0.3) is 0 Å². The molecule has 1 aliphatic rings. The second-order valence-corrected chi connectivity index (χ2v) is 3.86. The molecule has 0 spiro atoms. The van der Waals surface area contributed by atoms with Crippen molar-refractivity contribution in [3.05, 3.63) is 17.8 Å². The molecule has 0 aliphatic carbocycles. The van der Waals surface area contributed by atoms with Gasteiger partial charge in [-0.3, -0.25) is 5.41 Å². The molecule has 0 saturated carbocycles. The van der Waals surface area contributed by atoms with Crippen LogP contribution in [-0.4, -0.2) is 41.6 Å². The van der Waals surface area contributed by atoms with Gasteiger partial charge in [0.05, 0.1) is 18.8 Å².